The summed E-state index contributed by atoms with van der Waals surface area (Å²) in [7, 11) is 0. The normalized spacial score (nSPS) is 47.3. The van der Waals surface area contributed by atoms with Crippen molar-refractivity contribution in [2.24, 2.45) is 29.1 Å². The molecule has 0 unspecified atom stereocenters. The lowest BCUT2D eigenvalue weighted by molar-refractivity contribution is 0.0510. The molecule has 2 heteroatoms. The number of allylic oxidation sites excluding steroid dienone is 2. The molecule has 0 saturated heterocycles. The van der Waals surface area contributed by atoms with Crippen LogP contribution in [0.1, 0.15) is 19.3 Å². The maximum absolute atomic E-state index is 9.38. The van der Waals surface area contributed by atoms with Crippen LogP contribution >= 0.6 is 0 Å². The molecule has 14 heavy (non-hydrogen) atoms. The van der Waals surface area contributed by atoms with Crippen LogP contribution in [0.25, 0.3) is 0 Å². The lowest BCUT2D eigenvalue weighted by Gasteiger charge is -2.25. The second-order valence-electron chi connectivity index (χ2n) is 5.50. The van der Waals surface area contributed by atoms with Gasteiger partial charge >= 0.3 is 0 Å². The molecular formula is C12H18O2. The average molecular weight is 194 g/mol. The van der Waals surface area contributed by atoms with Gasteiger partial charge in [0.1, 0.15) is 0 Å². The van der Waals surface area contributed by atoms with Crippen LogP contribution in [-0.4, -0.2) is 23.4 Å². The van der Waals surface area contributed by atoms with E-state index in [1.54, 1.807) is 0 Å². The Kier molecular flexibility index (Phi) is 1.80. The van der Waals surface area contributed by atoms with E-state index in [-0.39, 0.29) is 18.6 Å². The Morgan fingerprint density at radius 3 is 1.93 bits per heavy atom. The van der Waals surface area contributed by atoms with Gasteiger partial charge in [0.25, 0.3) is 0 Å². The molecule has 0 aromatic heterocycles. The van der Waals surface area contributed by atoms with E-state index in [1.165, 1.54) is 6.42 Å². The summed E-state index contributed by atoms with van der Waals surface area (Å²) in [5.41, 5.74) is -0.154. The minimum Gasteiger partial charge on any atom is -0.396 e. The van der Waals surface area contributed by atoms with Gasteiger partial charge in [-0.3, -0.25) is 0 Å². The molecule has 0 amide bonds. The monoisotopic (exact) mass is 194 g/mol. The first-order valence-electron chi connectivity index (χ1n) is 5.68. The molecular weight excluding hydrogens is 176 g/mol. The van der Waals surface area contributed by atoms with Crippen LogP contribution in [0.15, 0.2) is 12.2 Å². The third-order valence-corrected chi connectivity index (χ3v) is 4.81. The highest BCUT2D eigenvalue weighted by Crippen LogP contribution is 2.60. The van der Waals surface area contributed by atoms with Crippen molar-refractivity contribution in [3.8, 4) is 0 Å². The topological polar surface area (TPSA) is 40.5 Å². The zero-order valence-electron chi connectivity index (χ0n) is 8.39. The molecule has 78 valence electrons. The standard InChI is InChI=1S/C12H18O2/c13-6-12(7-14)4-10-8-1-2-9(3-8)11(10)5-12/h1-2,8-11,13-14H,3-7H2/t8-,9-,10-,11-/m1/s1. The van der Waals surface area contributed by atoms with Crippen LogP contribution in [0.3, 0.4) is 0 Å². The molecule has 2 bridgehead atoms. The van der Waals surface area contributed by atoms with Crippen molar-refractivity contribution >= 4 is 0 Å². The van der Waals surface area contributed by atoms with E-state index in [4.69, 9.17) is 0 Å². The van der Waals surface area contributed by atoms with E-state index in [2.05, 4.69) is 12.2 Å². The third-order valence-electron chi connectivity index (χ3n) is 4.81. The summed E-state index contributed by atoms with van der Waals surface area (Å²) in [5.74, 6) is 3.02. The van der Waals surface area contributed by atoms with Gasteiger partial charge in [-0.05, 0) is 42.9 Å². The highest BCUT2D eigenvalue weighted by Gasteiger charge is 2.54. The van der Waals surface area contributed by atoms with Crippen molar-refractivity contribution in [3.05, 3.63) is 12.2 Å². The summed E-state index contributed by atoms with van der Waals surface area (Å²) < 4.78 is 0. The summed E-state index contributed by atoms with van der Waals surface area (Å²) >= 11 is 0. The van der Waals surface area contributed by atoms with Gasteiger partial charge < -0.3 is 10.2 Å². The van der Waals surface area contributed by atoms with Crippen LogP contribution in [0.2, 0.25) is 0 Å². The van der Waals surface area contributed by atoms with Gasteiger partial charge in [-0.2, -0.15) is 0 Å². The van der Waals surface area contributed by atoms with Gasteiger partial charge in [0.05, 0.1) is 13.2 Å². The largest absolute Gasteiger partial charge is 0.396 e. The van der Waals surface area contributed by atoms with E-state index in [0.29, 0.717) is 0 Å². The van der Waals surface area contributed by atoms with Gasteiger partial charge in [-0.1, -0.05) is 12.2 Å². The Balaban J connectivity index is 1.84. The summed E-state index contributed by atoms with van der Waals surface area (Å²) in [6.45, 7) is 0.325. The van der Waals surface area contributed by atoms with Crippen molar-refractivity contribution in [1.82, 2.24) is 0 Å². The highest BCUT2D eigenvalue weighted by atomic mass is 16.3. The number of aliphatic hydroxyl groups is 2. The molecule has 0 aliphatic heterocycles. The first kappa shape index (κ1) is 8.93. The predicted molar refractivity (Wildman–Crippen MR) is 53.6 cm³/mol. The minimum absolute atomic E-state index is 0.154. The first-order valence-corrected chi connectivity index (χ1v) is 5.68. The zero-order chi connectivity index (χ0) is 9.76. The van der Waals surface area contributed by atoms with Gasteiger partial charge in [-0.25, -0.2) is 0 Å². The van der Waals surface area contributed by atoms with Crippen LogP contribution < -0.4 is 0 Å². The molecule has 0 aromatic rings. The molecule has 3 rings (SSSR count). The Hall–Kier alpha value is -0.340. The van der Waals surface area contributed by atoms with E-state index < -0.39 is 0 Å². The van der Waals surface area contributed by atoms with Crippen molar-refractivity contribution in [1.29, 1.82) is 0 Å². The Bertz CT molecular complexity index is 245. The van der Waals surface area contributed by atoms with Crippen LogP contribution in [0.4, 0.5) is 0 Å². The summed E-state index contributed by atoms with van der Waals surface area (Å²) in [6, 6.07) is 0. The third kappa shape index (κ3) is 0.986. The molecule has 0 aromatic carbocycles. The molecule has 2 N–H and O–H groups in total. The molecule has 2 fully saturated rings. The second kappa shape index (κ2) is 2.83. The van der Waals surface area contributed by atoms with E-state index in [9.17, 15) is 10.2 Å². The lowest BCUT2D eigenvalue weighted by Crippen LogP contribution is -2.27. The summed E-state index contributed by atoms with van der Waals surface area (Å²) in [4.78, 5) is 0. The van der Waals surface area contributed by atoms with Crippen LogP contribution in [0.5, 0.6) is 0 Å². The van der Waals surface area contributed by atoms with Crippen LogP contribution in [-0.2, 0) is 0 Å². The summed E-state index contributed by atoms with van der Waals surface area (Å²) in [5, 5.41) is 18.8. The summed E-state index contributed by atoms with van der Waals surface area (Å²) in [6.07, 6.45) is 8.13. The van der Waals surface area contributed by atoms with Gasteiger partial charge in [0.2, 0.25) is 0 Å². The molecule has 0 spiro atoms. The quantitative estimate of drug-likeness (QED) is 0.648. The van der Waals surface area contributed by atoms with E-state index in [1.807, 2.05) is 0 Å². The van der Waals surface area contributed by atoms with Gasteiger partial charge in [0.15, 0.2) is 0 Å². The van der Waals surface area contributed by atoms with Crippen LogP contribution in [0, 0.1) is 29.1 Å². The van der Waals surface area contributed by atoms with E-state index in [0.717, 1.165) is 36.5 Å². The maximum Gasteiger partial charge on any atom is 0.0509 e. The maximum atomic E-state index is 9.38. The Morgan fingerprint density at radius 2 is 1.50 bits per heavy atom. The molecule has 0 radical (unpaired) electrons. The molecule has 2 nitrogen and oxygen atoms in total. The van der Waals surface area contributed by atoms with E-state index >= 15 is 0 Å². The lowest BCUT2D eigenvalue weighted by atomic mass is 9.84. The number of rotatable bonds is 2. The fourth-order valence-electron chi connectivity index (χ4n) is 4.02. The molecule has 3 aliphatic rings. The highest BCUT2D eigenvalue weighted by molar-refractivity contribution is 5.17. The SMILES string of the molecule is OCC1(CO)C[C@H]2[C@H](C1)[C@@H]1C=C[C@@H]2C1. The smallest absolute Gasteiger partial charge is 0.0509 e. The molecule has 4 atom stereocenters. The van der Waals surface area contributed by atoms with Crippen molar-refractivity contribution in [2.45, 2.75) is 19.3 Å². The number of hydrogen-bond donors (Lipinski definition) is 2. The van der Waals surface area contributed by atoms with Crippen molar-refractivity contribution in [2.75, 3.05) is 13.2 Å². The molecule has 0 heterocycles. The predicted octanol–water partition coefficient (Wildman–Crippen LogP) is 1.19. The van der Waals surface area contributed by atoms with Gasteiger partial charge in [-0.15, -0.1) is 0 Å². The fraction of sp³-hybridized carbons (Fsp3) is 0.833. The fourth-order valence-corrected chi connectivity index (χ4v) is 4.02. The minimum atomic E-state index is -0.154. The van der Waals surface area contributed by atoms with Crippen molar-refractivity contribution < 1.29 is 10.2 Å². The number of hydrogen-bond acceptors (Lipinski definition) is 2. The Labute approximate surface area is 84.6 Å². The second-order valence-corrected chi connectivity index (χ2v) is 5.50. The molecule has 3 aliphatic carbocycles. The number of fused-ring (bicyclic) bond motifs is 5. The van der Waals surface area contributed by atoms with Gasteiger partial charge in [0, 0.05) is 5.41 Å². The zero-order valence-corrected chi connectivity index (χ0v) is 8.39. The Morgan fingerprint density at radius 1 is 1.00 bits per heavy atom. The van der Waals surface area contributed by atoms with Crippen molar-refractivity contribution in [3.63, 3.8) is 0 Å². The average Bonchev–Trinajstić information content (AvgIpc) is 2.88. The first-order chi connectivity index (χ1) is 6.78. The number of aliphatic hydroxyl groups excluding tert-OH is 2. The molecule has 2 saturated carbocycles.